The number of rotatable bonds is 2. The predicted molar refractivity (Wildman–Crippen MR) is 86.3 cm³/mol. The molecule has 0 radical (unpaired) electrons. The second-order valence-corrected chi connectivity index (χ2v) is 6.05. The third-order valence-electron chi connectivity index (χ3n) is 4.54. The van der Waals surface area contributed by atoms with Gasteiger partial charge in [0.05, 0.1) is 6.61 Å². The van der Waals surface area contributed by atoms with E-state index in [-0.39, 0.29) is 6.09 Å². The predicted octanol–water partition coefficient (Wildman–Crippen LogP) is 4.39. The van der Waals surface area contributed by atoms with Crippen molar-refractivity contribution in [2.24, 2.45) is 0 Å². The molecule has 1 fully saturated rings. The number of nitrogens with zero attached hydrogens (tertiary/aromatic N) is 1. The average Bonchev–Trinajstić information content (AvgIpc) is 2.98. The van der Waals surface area contributed by atoms with Gasteiger partial charge in [-0.1, -0.05) is 12.1 Å². The van der Waals surface area contributed by atoms with Gasteiger partial charge in [0.25, 0.3) is 0 Å². The lowest BCUT2D eigenvalue weighted by Crippen LogP contribution is -2.38. The number of fused-ring (bicyclic) bond motifs is 1. The van der Waals surface area contributed by atoms with Crippen molar-refractivity contribution in [3.8, 4) is 0 Å². The number of piperidine rings is 1. The number of aryl methyl sites for hydroxylation is 2. The van der Waals surface area contributed by atoms with Crippen LogP contribution in [0.5, 0.6) is 0 Å². The normalized spacial score (nSPS) is 16.2. The van der Waals surface area contributed by atoms with E-state index in [1.165, 1.54) is 16.5 Å². The van der Waals surface area contributed by atoms with Crippen LogP contribution >= 0.6 is 0 Å². The van der Waals surface area contributed by atoms with E-state index >= 15 is 0 Å². The summed E-state index contributed by atoms with van der Waals surface area (Å²) in [5.74, 6) is 1.44. The molecule has 1 aromatic carbocycles. The van der Waals surface area contributed by atoms with Gasteiger partial charge in [-0.3, -0.25) is 0 Å². The Labute approximate surface area is 131 Å². The fourth-order valence-corrected chi connectivity index (χ4v) is 3.17. The van der Waals surface area contributed by atoms with Crippen molar-refractivity contribution in [3.05, 3.63) is 35.1 Å². The highest BCUT2D eigenvalue weighted by Crippen LogP contribution is 2.34. The zero-order chi connectivity index (χ0) is 15.7. The van der Waals surface area contributed by atoms with Crippen LogP contribution < -0.4 is 0 Å². The van der Waals surface area contributed by atoms with Gasteiger partial charge in [0.2, 0.25) is 0 Å². The minimum absolute atomic E-state index is 0.197. The van der Waals surface area contributed by atoms with Gasteiger partial charge in [-0.25, -0.2) is 4.79 Å². The summed E-state index contributed by atoms with van der Waals surface area (Å²) >= 11 is 0. The third-order valence-corrected chi connectivity index (χ3v) is 4.54. The molecule has 0 unspecified atom stereocenters. The quantitative estimate of drug-likeness (QED) is 0.826. The molecule has 3 rings (SSSR count). The van der Waals surface area contributed by atoms with Crippen LogP contribution in [0.4, 0.5) is 4.79 Å². The van der Waals surface area contributed by atoms with Gasteiger partial charge in [-0.15, -0.1) is 0 Å². The molecule has 0 saturated carbocycles. The molecule has 4 nitrogen and oxygen atoms in total. The number of likely N-dealkylation sites (tertiary alicyclic amines) is 1. The molecule has 1 aromatic heterocycles. The Balaban J connectivity index is 1.75. The number of furan rings is 1. The summed E-state index contributed by atoms with van der Waals surface area (Å²) in [4.78, 5) is 13.5. The van der Waals surface area contributed by atoms with Crippen molar-refractivity contribution in [2.45, 2.75) is 39.5 Å². The topological polar surface area (TPSA) is 42.7 Å². The molecule has 2 heterocycles. The third kappa shape index (κ3) is 2.70. The van der Waals surface area contributed by atoms with E-state index in [0.717, 1.165) is 37.3 Å². The molecule has 22 heavy (non-hydrogen) atoms. The molecule has 1 aliphatic heterocycles. The lowest BCUT2D eigenvalue weighted by Gasteiger charge is -2.30. The van der Waals surface area contributed by atoms with Gasteiger partial charge < -0.3 is 14.1 Å². The van der Waals surface area contributed by atoms with Crippen molar-refractivity contribution in [1.29, 1.82) is 0 Å². The smallest absolute Gasteiger partial charge is 0.409 e. The minimum Gasteiger partial charge on any atom is -0.460 e. The summed E-state index contributed by atoms with van der Waals surface area (Å²) in [6.07, 6.45) is 1.66. The summed E-state index contributed by atoms with van der Waals surface area (Å²) in [7, 11) is 0. The maximum absolute atomic E-state index is 11.8. The first-order valence-electron chi connectivity index (χ1n) is 8.01. The molecule has 0 N–H and O–H groups in total. The molecular weight excluding hydrogens is 278 g/mol. The van der Waals surface area contributed by atoms with Gasteiger partial charge in [0, 0.05) is 24.4 Å². The van der Waals surface area contributed by atoms with E-state index in [1.54, 1.807) is 4.90 Å². The number of amides is 1. The van der Waals surface area contributed by atoms with E-state index < -0.39 is 0 Å². The fraction of sp³-hybridized carbons (Fsp3) is 0.500. The molecule has 0 atom stereocenters. The van der Waals surface area contributed by atoms with E-state index in [1.807, 2.05) is 6.92 Å². The van der Waals surface area contributed by atoms with Gasteiger partial charge in [0.15, 0.2) is 0 Å². The van der Waals surface area contributed by atoms with Crippen molar-refractivity contribution in [2.75, 3.05) is 19.7 Å². The SMILES string of the molecule is CCOC(=O)N1CCC(c2cc3c(C)ccc(C)c3o2)CC1. The summed E-state index contributed by atoms with van der Waals surface area (Å²) in [5.41, 5.74) is 3.43. The highest BCUT2D eigenvalue weighted by Gasteiger charge is 2.26. The number of hydrogen-bond donors (Lipinski definition) is 0. The molecule has 1 saturated heterocycles. The first-order valence-corrected chi connectivity index (χ1v) is 8.01. The first kappa shape index (κ1) is 14.9. The standard InChI is InChI=1S/C18H23NO3/c1-4-21-18(20)19-9-7-14(8-10-19)16-11-15-12(2)5-6-13(3)17(15)22-16/h5-6,11,14H,4,7-10H2,1-3H3. The van der Waals surface area contributed by atoms with E-state index in [4.69, 9.17) is 9.15 Å². The van der Waals surface area contributed by atoms with Crippen LogP contribution in [-0.2, 0) is 4.74 Å². The Kier molecular flexibility index (Phi) is 4.10. The second kappa shape index (κ2) is 6.03. The largest absolute Gasteiger partial charge is 0.460 e. The van der Waals surface area contributed by atoms with Gasteiger partial charge in [0.1, 0.15) is 11.3 Å². The lowest BCUT2D eigenvalue weighted by atomic mass is 9.94. The lowest BCUT2D eigenvalue weighted by molar-refractivity contribution is 0.0959. The van der Waals surface area contributed by atoms with Crippen molar-refractivity contribution >= 4 is 17.1 Å². The zero-order valence-corrected chi connectivity index (χ0v) is 13.5. The van der Waals surface area contributed by atoms with Crippen LogP contribution in [0.2, 0.25) is 0 Å². The molecule has 1 amide bonds. The van der Waals surface area contributed by atoms with Gasteiger partial charge >= 0.3 is 6.09 Å². The summed E-state index contributed by atoms with van der Waals surface area (Å²) < 4.78 is 11.2. The molecule has 0 bridgehead atoms. The molecule has 1 aliphatic rings. The maximum atomic E-state index is 11.8. The summed E-state index contributed by atoms with van der Waals surface area (Å²) in [5, 5.41) is 1.21. The van der Waals surface area contributed by atoms with Gasteiger partial charge in [-0.2, -0.15) is 0 Å². The summed E-state index contributed by atoms with van der Waals surface area (Å²) in [6.45, 7) is 7.93. The van der Waals surface area contributed by atoms with Crippen LogP contribution in [0.25, 0.3) is 11.0 Å². The number of carbonyl (C=O) groups is 1. The fourth-order valence-electron chi connectivity index (χ4n) is 3.17. The Morgan fingerprint density at radius 3 is 2.59 bits per heavy atom. The van der Waals surface area contributed by atoms with Crippen molar-refractivity contribution < 1.29 is 13.9 Å². The van der Waals surface area contributed by atoms with Gasteiger partial charge in [-0.05, 0) is 50.8 Å². The van der Waals surface area contributed by atoms with Crippen molar-refractivity contribution in [1.82, 2.24) is 4.90 Å². The van der Waals surface area contributed by atoms with E-state index in [2.05, 4.69) is 32.0 Å². The van der Waals surface area contributed by atoms with E-state index in [0.29, 0.717) is 12.5 Å². The van der Waals surface area contributed by atoms with Crippen LogP contribution in [0.15, 0.2) is 22.6 Å². The highest BCUT2D eigenvalue weighted by atomic mass is 16.6. The summed E-state index contributed by atoms with van der Waals surface area (Å²) in [6, 6.07) is 6.43. The average molecular weight is 301 g/mol. The zero-order valence-electron chi connectivity index (χ0n) is 13.5. The number of ether oxygens (including phenoxy) is 1. The highest BCUT2D eigenvalue weighted by molar-refractivity contribution is 5.84. The number of benzene rings is 1. The first-order chi connectivity index (χ1) is 10.6. The molecule has 4 heteroatoms. The van der Waals surface area contributed by atoms with Crippen LogP contribution in [0.3, 0.4) is 0 Å². The van der Waals surface area contributed by atoms with Crippen LogP contribution in [0.1, 0.15) is 42.6 Å². The van der Waals surface area contributed by atoms with Crippen molar-refractivity contribution in [3.63, 3.8) is 0 Å². The number of hydrogen-bond acceptors (Lipinski definition) is 3. The Morgan fingerprint density at radius 1 is 1.27 bits per heavy atom. The molecule has 118 valence electrons. The molecular formula is C18H23NO3. The Hall–Kier alpha value is -1.97. The van der Waals surface area contributed by atoms with Crippen LogP contribution in [0, 0.1) is 13.8 Å². The second-order valence-electron chi connectivity index (χ2n) is 6.05. The maximum Gasteiger partial charge on any atom is 0.409 e. The van der Waals surface area contributed by atoms with E-state index in [9.17, 15) is 4.79 Å². The minimum atomic E-state index is -0.197. The molecule has 0 aliphatic carbocycles. The Morgan fingerprint density at radius 2 is 1.95 bits per heavy atom. The Bertz CT molecular complexity index is 642. The number of carbonyl (C=O) groups excluding carboxylic acids is 1. The molecule has 0 spiro atoms. The molecule has 2 aromatic rings. The van der Waals surface area contributed by atoms with Crippen LogP contribution in [-0.4, -0.2) is 30.7 Å². The monoisotopic (exact) mass is 301 g/mol.